The van der Waals surface area contributed by atoms with Crippen LogP contribution in [0, 0.1) is 11.8 Å². The number of ether oxygens (including phenoxy) is 1. The number of hydrogen-bond acceptors (Lipinski definition) is 1. The maximum atomic E-state index is 7.26. The fourth-order valence-electron chi connectivity index (χ4n) is 5.07. The molecule has 1 saturated carbocycles. The van der Waals surface area contributed by atoms with E-state index in [1.54, 1.807) is 0 Å². The van der Waals surface area contributed by atoms with Crippen LogP contribution in [0.3, 0.4) is 0 Å². The van der Waals surface area contributed by atoms with Crippen LogP contribution >= 0.6 is 22.6 Å². The van der Waals surface area contributed by atoms with E-state index >= 15 is 0 Å². The predicted molar refractivity (Wildman–Crippen MR) is 138 cm³/mol. The summed E-state index contributed by atoms with van der Waals surface area (Å²) in [6.45, 7) is 2.40. The van der Waals surface area contributed by atoms with Gasteiger partial charge in [0.2, 0.25) is 0 Å². The van der Waals surface area contributed by atoms with Gasteiger partial charge >= 0.3 is 0 Å². The SMILES string of the molecule is C[C@@H]1CCC[C@H]1CC(C=CI)OC(c1ccccc1)(c1ccccc1)c1ccccc1. The summed E-state index contributed by atoms with van der Waals surface area (Å²) in [5, 5.41) is 0. The second-order valence-corrected chi connectivity index (χ2v) is 9.38. The molecule has 0 radical (unpaired) electrons. The lowest BCUT2D eigenvalue weighted by molar-refractivity contribution is -0.0356. The Kier molecular flexibility index (Phi) is 7.62. The molecule has 0 aliphatic heterocycles. The predicted octanol–water partition coefficient (Wildman–Crippen LogP) is 8.14. The van der Waals surface area contributed by atoms with Crippen molar-refractivity contribution >= 4 is 22.6 Å². The van der Waals surface area contributed by atoms with Crippen LogP contribution in [0.15, 0.2) is 101 Å². The van der Waals surface area contributed by atoms with Gasteiger partial charge in [-0.15, -0.1) is 0 Å². The van der Waals surface area contributed by atoms with Crippen molar-refractivity contribution in [3.63, 3.8) is 0 Å². The first-order chi connectivity index (χ1) is 15.2. The minimum atomic E-state index is -0.660. The summed E-state index contributed by atoms with van der Waals surface area (Å²) in [6.07, 6.45) is 7.35. The number of rotatable bonds is 8. The van der Waals surface area contributed by atoms with Gasteiger partial charge in [-0.25, -0.2) is 0 Å². The Labute approximate surface area is 200 Å². The first-order valence-corrected chi connectivity index (χ1v) is 12.6. The van der Waals surface area contributed by atoms with Crippen LogP contribution in [0.1, 0.15) is 49.3 Å². The first kappa shape index (κ1) is 22.3. The van der Waals surface area contributed by atoms with Gasteiger partial charge in [0, 0.05) is 0 Å². The van der Waals surface area contributed by atoms with Crippen molar-refractivity contribution in [1.29, 1.82) is 0 Å². The van der Waals surface area contributed by atoms with E-state index in [0.29, 0.717) is 0 Å². The third-order valence-corrected chi connectivity index (χ3v) is 7.15. The van der Waals surface area contributed by atoms with E-state index in [1.807, 2.05) is 0 Å². The highest BCUT2D eigenvalue weighted by atomic mass is 127. The summed E-state index contributed by atoms with van der Waals surface area (Å²) in [5.41, 5.74) is 2.84. The van der Waals surface area contributed by atoms with Gasteiger partial charge < -0.3 is 4.74 Å². The Hall–Kier alpha value is -1.91. The van der Waals surface area contributed by atoms with E-state index in [-0.39, 0.29) is 6.10 Å². The molecule has 4 rings (SSSR count). The quantitative estimate of drug-likeness (QED) is 0.214. The standard InChI is InChI=1S/C29H31IO/c1-23-12-11-13-24(23)22-28(20-21-30)31-29(25-14-5-2-6-15-25,26-16-7-3-8-17-26)27-18-9-4-10-19-27/h2-10,14-21,23-24,28H,11-13,22H2,1H3/t23-,24+,28?/m1/s1. The Balaban J connectivity index is 1.84. The molecule has 3 atom stereocenters. The zero-order chi connectivity index (χ0) is 21.5. The molecule has 0 bridgehead atoms. The minimum absolute atomic E-state index is 0.0445. The maximum Gasteiger partial charge on any atom is 0.144 e. The zero-order valence-electron chi connectivity index (χ0n) is 18.2. The summed E-state index contributed by atoms with van der Waals surface area (Å²) in [5.74, 6) is 1.49. The molecule has 0 aromatic heterocycles. The second kappa shape index (κ2) is 10.6. The lowest BCUT2D eigenvalue weighted by Crippen LogP contribution is -2.37. The summed E-state index contributed by atoms with van der Waals surface area (Å²) in [4.78, 5) is 0. The van der Waals surface area contributed by atoms with Crippen molar-refractivity contribution < 1.29 is 4.74 Å². The third-order valence-electron chi connectivity index (χ3n) is 6.73. The zero-order valence-corrected chi connectivity index (χ0v) is 20.3. The molecular formula is C29H31IO. The van der Waals surface area contributed by atoms with Crippen LogP contribution in [0.5, 0.6) is 0 Å². The van der Waals surface area contributed by atoms with Crippen molar-refractivity contribution in [2.45, 2.75) is 44.3 Å². The summed E-state index contributed by atoms with van der Waals surface area (Å²) < 4.78 is 9.37. The van der Waals surface area contributed by atoms with Gasteiger partial charge in [-0.1, -0.05) is 140 Å². The van der Waals surface area contributed by atoms with E-state index in [9.17, 15) is 0 Å². The van der Waals surface area contributed by atoms with Crippen LogP contribution < -0.4 is 0 Å². The second-order valence-electron chi connectivity index (χ2n) is 8.66. The van der Waals surface area contributed by atoms with Crippen LogP contribution in [0.2, 0.25) is 0 Å². The molecule has 1 fully saturated rings. The molecule has 3 aromatic carbocycles. The molecule has 0 heterocycles. The van der Waals surface area contributed by atoms with Crippen molar-refractivity contribution in [3.8, 4) is 0 Å². The fourth-order valence-corrected chi connectivity index (χ4v) is 5.53. The monoisotopic (exact) mass is 522 g/mol. The topological polar surface area (TPSA) is 9.23 Å². The lowest BCUT2D eigenvalue weighted by atomic mass is 9.79. The van der Waals surface area contributed by atoms with Gasteiger partial charge in [-0.3, -0.25) is 0 Å². The van der Waals surface area contributed by atoms with Crippen LogP contribution in [-0.2, 0) is 10.3 Å². The molecule has 0 N–H and O–H groups in total. The van der Waals surface area contributed by atoms with Gasteiger partial charge in [0.25, 0.3) is 0 Å². The third kappa shape index (κ3) is 4.96. The van der Waals surface area contributed by atoms with E-state index in [2.05, 4.69) is 131 Å². The van der Waals surface area contributed by atoms with Crippen LogP contribution in [-0.4, -0.2) is 6.10 Å². The van der Waals surface area contributed by atoms with Gasteiger partial charge in [0.1, 0.15) is 5.60 Å². The Morgan fingerprint density at radius 2 is 1.32 bits per heavy atom. The van der Waals surface area contributed by atoms with Gasteiger partial charge in [0.15, 0.2) is 0 Å². The summed E-state index contributed by atoms with van der Waals surface area (Å²) >= 11 is 2.33. The highest BCUT2D eigenvalue weighted by molar-refractivity contribution is 14.1. The van der Waals surface area contributed by atoms with Crippen molar-refractivity contribution in [2.75, 3.05) is 0 Å². The maximum absolute atomic E-state index is 7.26. The molecule has 1 unspecified atom stereocenters. The lowest BCUT2D eigenvalue weighted by Gasteiger charge is -2.39. The molecule has 160 valence electrons. The molecule has 0 amide bonds. The highest BCUT2D eigenvalue weighted by Gasteiger charge is 2.40. The number of halogens is 1. The molecule has 0 saturated heterocycles. The average molecular weight is 522 g/mol. The van der Waals surface area contributed by atoms with Crippen molar-refractivity contribution in [2.24, 2.45) is 11.8 Å². The average Bonchev–Trinajstić information content (AvgIpc) is 3.23. The van der Waals surface area contributed by atoms with E-state index in [0.717, 1.165) is 18.3 Å². The molecule has 3 aromatic rings. The molecule has 1 nitrogen and oxygen atoms in total. The first-order valence-electron chi connectivity index (χ1n) is 11.4. The summed E-state index contributed by atoms with van der Waals surface area (Å²) in [6, 6.07) is 32.1. The molecular weight excluding hydrogens is 491 g/mol. The van der Waals surface area contributed by atoms with E-state index in [1.165, 1.54) is 36.0 Å². The van der Waals surface area contributed by atoms with Crippen molar-refractivity contribution in [3.05, 3.63) is 118 Å². The smallest absolute Gasteiger partial charge is 0.144 e. The van der Waals surface area contributed by atoms with Gasteiger partial charge in [-0.2, -0.15) is 0 Å². The van der Waals surface area contributed by atoms with Gasteiger partial charge in [0.05, 0.1) is 6.10 Å². The number of hydrogen-bond donors (Lipinski definition) is 0. The van der Waals surface area contributed by atoms with E-state index in [4.69, 9.17) is 4.74 Å². The molecule has 1 aliphatic rings. The molecule has 0 spiro atoms. The Bertz CT molecular complexity index is 855. The summed E-state index contributed by atoms with van der Waals surface area (Å²) in [7, 11) is 0. The van der Waals surface area contributed by atoms with Crippen LogP contribution in [0.25, 0.3) is 0 Å². The van der Waals surface area contributed by atoms with Gasteiger partial charge in [-0.05, 0) is 45.1 Å². The van der Waals surface area contributed by atoms with Crippen LogP contribution in [0.4, 0.5) is 0 Å². The highest BCUT2D eigenvalue weighted by Crippen LogP contribution is 2.43. The molecule has 1 aliphatic carbocycles. The Morgan fingerprint density at radius 3 is 1.71 bits per heavy atom. The minimum Gasteiger partial charge on any atom is -0.354 e. The largest absolute Gasteiger partial charge is 0.354 e. The molecule has 31 heavy (non-hydrogen) atoms. The van der Waals surface area contributed by atoms with Crippen molar-refractivity contribution in [1.82, 2.24) is 0 Å². The normalized spacial score (nSPS) is 20.2. The Morgan fingerprint density at radius 1 is 0.839 bits per heavy atom. The molecule has 2 heteroatoms. The number of benzene rings is 3. The fraction of sp³-hybridized carbons (Fsp3) is 0.310. The van der Waals surface area contributed by atoms with E-state index < -0.39 is 5.60 Å².